The molecule has 1 aliphatic rings. The van der Waals surface area contributed by atoms with Crippen LogP contribution >= 0.6 is 15.9 Å². The van der Waals surface area contributed by atoms with Crippen molar-refractivity contribution in [2.75, 3.05) is 6.54 Å². The monoisotopic (exact) mass is 329 g/mol. The second-order valence-electron chi connectivity index (χ2n) is 4.50. The van der Waals surface area contributed by atoms with E-state index in [1.54, 1.807) is 0 Å². The van der Waals surface area contributed by atoms with E-state index >= 15 is 0 Å². The largest absolute Gasteiger partial charge is 0.481 e. The third kappa shape index (κ3) is 3.53. The molecule has 0 aliphatic heterocycles. The van der Waals surface area contributed by atoms with Gasteiger partial charge in [-0.05, 0) is 47.0 Å². The molecule has 1 aromatic rings. The third-order valence-electron chi connectivity index (χ3n) is 2.97. The second-order valence-corrected chi connectivity index (χ2v) is 5.35. The molecule has 1 fully saturated rings. The fourth-order valence-corrected chi connectivity index (χ4v) is 2.28. The molecule has 0 radical (unpaired) electrons. The lowest BCUT2D eigenvalue weighted by Crippen LogP contribution is -2.35. The first-order valence-corrected chi connectivity index (χ1v) is 6.76. The third-order valence-corrected chi connectivity index (χ3v) is 3.67. The van der Waals surface area contributed by atoms with Crippen molar-refractivity contribution in [3.63, 3.8) is 0 Å². The minimum Gasteiger partial charge on any atom is -0.481 e. The van der Waals surface area contributed by atoms with Crippen molar-refractivity contribution in [3.8, 4) is 0 Å². The summed E-state index contributed by atoms with van der Waals surface area (Å²) in [6, 6.07) is 3.99. The molecular weight excluding hydrogens is 317 g/mol. The summed E-state index contributed by atoms with van der Waals surface area (Å²) in [5.74, 6) is -1.76. The van der Waals surface area contributed by atoms with Gasteiger partial charge in [0.1, 0.15) is 5.82 Å². The maximum Gasteiger partial charge on any atom is 0.305 e. The average molecular weight is 330 g/mol. The number of hydrogen-bond donors (Lipinski definition) is 1. The van der Waals surface area contributed by atoms with E-state index in [2.05, 4.69) is 15.9 Å². The van der Waals surface area contributed by atoms with Gasteiger partial charge in [-0.25, -0.2) is 4.39 Å². The quantitative estimate of drug-likeness (QED) is 0.903. The Labute approximate surface area is 118 Å². The smallest absolute Gasteiger partial charge is 0.305 e. The standard InChI is InChI=1S/C13H13BrFNO3/c14-11-4-1-8(15)7-10(11)13(19)16(9-2-3-9)6-5-12(17)18/h1,4,7,9H,2-3,5-6H2,(H,17,18). The van der Waals surface area contributed by atoms with Gasteiger partial charge in [0.15, 0.2) is 0 Å². The number of carbonyl (C=O) groups is 2. The molecule has 6 heteroatoms. The number of hydrogen-bond acceptors (Lipinski definition) is 2. The fraction of sp³-hybridized carbons (Fsp3) is 0.385. The Bertz CT molecular complexity index is 517. The summed E-state index contributed by atoms with van der Waals surface area (Å²) in [7, 11) is 0. The van der Waals surface area contributed by atoms with Crippen molar-refractivity contribution in [1.82, 2.24) is 4.90 Å². The molecule has 0 spiro atoms. The number of amides is 1. The summed E-state index contributed by atoms with van der Waals surface area (Å²) < 4.78 is 13.7. The van der Waals surface area contributed by atoms with Gasteiger partial charge < -0.3 is 10.0 Å². The average Bonchev–Trinajstić information content (AvgIpc) is 3.16. The molecule has 1 saturated carbocycles. The summed E-state index contributed by atoms with van der Waals surface area (Å²) in [4.78, 5) is 24.5. The molecule has 2 rings (SSSR count). The first kappa shape index (κ1) is 14.0. The van der Waals surface area contributed by atoms with Crippen molar-refractivity contribution in [1.29, 1.82) is 0 Å². The number of carboxylic acid groups (broad SMARTS) is 1. The van der Waals surface area contributed by atoms with Gasteiger partial charge in [0.2, 0.25) is 0 Å². The van der Waals surface area contributed by atoms with E-state index in [0.29, 0.717) is 4.47 Å². The summed E-state index contributed by atoms with van der Waals surface area (Å²) in [6.45, 7) is 0.155. The van der Waals surface area contributed by atoms with Crippen LogP contribution in [0.4, 0.5) is 4.39 Å². The fourth-order valence-electron chi connectivity index (χ4n) is 1.87. The molecule has 1 amide bonds. The maximum absolute atomic E-state index is 13.2. The summed E-state index contributed by atoms with van der Waals surface area (Å²) in [6.07, 6.45) is 1.64. The molecule has 1 aromatic carbocycles. The maximum atomic E-state index is 13.2. The zero-order valence-corrected chi connectivity index (χ0v) is 11.7. The van der Waals surface area contributed by atoms with E-state index in [1.165, 1.54) is 23.1 Å². The molecule has 0 atom stereocenters. The Hall–Kier alpha value is -1.43. The number of nitrogens with zero attached hydrogens (tertiary/aromatic N) is 1. The van der Waals surface area contributed by atoms with Crippen LogP contribution in [-0.4, -0.2) is 34.5 Å². The predicted molar refractivity (Wildman–Crippen MR) is 70.4 cm³/mol. The highest BCUT2D eigenvalue weighted by Crippen LogP contribution is 2.30. The normalized spacial score (nSPS) is 14.2. The number of rotatable bonds is 5. The van der Waals surface area contributed by atoms with Crippen LogP contribution < -0.4 is 0 Å². The summed E-state index contributed by atoms with van der Waals surface area (Å²) in [5, 5.41) is 8.71. The number of carbonyl (C=O) groups excluding carboxylic acids is 1. The number of halogens is 2. The van der Waals surface area contributed by atoms with Gasteiger partial charge in [-0.2, -0.15) is 0 Å². The van der Waals surface area contributed by atoms with Crippen molar-refractivity contribution in [3.05, 3.63) is 34.1 Å². The highest BCUT2D eigenvalue weighted by molar-refractivity contribution is 9.10. The van der Waals surface area contributed by atoms with Crippen LogP contribution in [0.2, 0.25) is 0 Å². The van der Waals surface area contributed by atoms with E-state index in [0.717, 1.165) is 12.8 Å². The summed E-state index contributed by atoms with van der Waals surface area (Å²) >= 11 is 3.22. The van der Waals surface area contributed by atoms with E-state index in [4.69, 9.17) is 5.11 Å². The Morgan fingerprint density at radius 2 is 2.11 bits per heavy atom. The first-order chi connectivity index (χ1) is 8.99. The molecule has 0 bridgehead atoms. The molecule has 0 unspecified atom stereocenters. The zero-order valence-electron chi connectivity index (χ0n) is 10.1. The minimum atomic E-state index is -0.947. The predicted octanol–water partition coefficient (Wildman–Crippen LogP) is 2.67. The van der Waals surface area contributed by atoms with Gasteiger partial charge in [-0.1, -0.05) is 0 Å². The first-order valence-electron chi connectivity index (χ1n) is 5.97. The van der Waals surface area contributed by atoms with E-state index < -0.39 is 11.8 Å². The van der Waals surface area contributed by atoms with Gasteiger partial charge in [-0.15, -0.1) is 0 Å². The molecule has 19 heavy (non-hydrogen) atoms. The lowest BCUT2D eigenvalue weighted by Gasteiger charge is -2.22. The van der Waals surface area contributed by atoms with E-state index in [-0.39, 0.29) is 30.5 Å². The lowest BCUT2D eigenvalue weighted by atomic mass is 10.2. The number of carboxylic acids is 1. The van der Waals surface area contributed by atoms with Gasteiger partial charge in [0, 0.05) is 17.1 Å². The van der Waals surface area contributed by atoms with Gasteiger partial charge in [-0.3, -0.25) is 9.59 Å². The van der Waals surface area contributed by atoms with Gasteiger partial charge in [0.25, 0.3) is 5.91 Å². The number of benzene rings is 1. The van der Waals surface area contributed by atoms with Gasteiger partial charge >= 0.3 is 5.97 Å². The highest BCUT2D eigenvalue weighted by Gasteiger charge is 2.33. The van der Waals surface area contributed by atoms with Gasteiger partial charge in [0.05, 0.1) is 12.0 Å². The molecule has 1 aliphatic carbocycles. The Morgan fingerprint density at radius 1 is 1.42 bits per heavy atom. The molecule has 102 valence electrons. The van der Waals surface area contributed by atoms with Crippen molar-refractivity contribution >= 4 is 27.8 Å². The highest BCUT2D eigenvalue weighted by atomic mass is 79.9. The molecule has 0 heterocycles. The topological polar surface area (TPSA) is 57.6 Å². The molecular formula is C13H13BrFNO3. The van der Waals surface area contributed by atoms with Crippen LogP contribution in [0.3, 0.4) is 0 Å². The van der Waals surface area contributed by atoms with Crippen LogP contribution in [0, 0.1) is 5.82 Å². The molecule has 1 N–H and O–H groups in total. The zero-order chi connectivity index (χ0) is 14.0. The van der Waals surface area contributed by atoms with Crippen LogP contribution in [0.15, 0.2) is 22.7 Å². The van der Waals surface area contributed by atoms with Crippen molar-refractivity contribution < 1.29 is 19.1 Å². The molecule has 4 nitrogen and oxygen atoms in total. The summed E-state index contributed by atoms with van der Waals surface area (Å²) in [5.41, 5.74) is 0.234. The van der Waals surface area contributed by atoms with Crippen LogP contribution in [0.1, 0.15) is 29.6 Å². The Kier molecular flexibility index (Phi) is 4.19. The molecule has 0 saturated heterocycles. The van der Waals surface area contributed by atoms with Crippen LogP contribution in [0.5, 0.6) is 0 Å². The Morgan fingerprint density at radius 3 is 2.68 bits per heavy atom. The SMILES string of the molecule is O=C(O)CCN(C(=O)c1cc(F)ccc1Br)C1CC1. The minimum absolute atomic E-state index is 0.0852. The van der Waals surface area contributed by atoms with Crippen molar-refractivity contribution in [2.45, 2.75) is 25.3 Å². The van der Waals surface area contributed by atoms with Crippen LogP contribution in [-0.2, 0) is 4.79 Å². The lowest BCUT2D eigenvalue weighted by molar-refractivity contribution is -0.137. The van der Waals surface area contributed by atoms with Crippen molar-refractivity contribution in [2.24, 2.45) is 0 Å². The molecule has 0 aromatic heterocycles. The van der Waals surface area contributed by atoms with Crippen LogP contribution in [0.25, 0.3) is 0 Å². The van der Waals surface area contributed by atoms with E-state index in [1.807, 2.05) is 0 Å². The van der Waals surface area contributed by atoms with E-state index in [9.17, 15) is 14.0 Å². The Balaban J connectivity index is 2.18. The number of aliphatic carboxylic acids is 1. The second kappa shape index (κ2) is 5.69.